The Bertz CT molecular complexity index is 228. The van der Waals surface area contributed by atoms with Gasteiger partial charge >= 0.3 is 0 Å². The highest BCUT2D eigenvalue weighted by Crippen LogP contribution is 2.00. The Morgan fingerprint density at radius 2 is 2.36 bits per heavy atom. The summed E-state index contributed by atoms with van der Waals surface area (Å²) in [6.07, 6.45) is 4.26. The Hall–Kier alpha value is -1.43. The van der Waals surface area contributed by atoms with Crippen molar-refractivity contribution in [3.8, 4) is 0 Å². The predicted octanol–water partition coefficient (Wildman–Crippen LogP) is 1.23. The number of rotatable bonds is 6. The van der Waals surface area contributed by atoms with Crippen LogP contribution in [0, 0.1) is 10.7 Å². The van der Waals surface area contributed by atoms with Crippen molar-refractivity contribution in [1.82, 2.24) is 5.06 Å². The van der Waals surface area contributed by atoms with Gasteiger partial charge < -0.3 is 5.21 Å². The van der Waals surface area contributed by atoms with Gasteiger partial charge in [-0.25, -0.2) is 5.06 Å². The normalized spacial score (nSPS) is 10.4. The molecule has 0 heterocycles. The topological polar surface area (TPSA) is 79.5 Å². The zero-order valence-electron chi connectivity index (χ0n) is 8.40. The fourth-order valence-corrected chi connectivity index (χ4v) is 0.801. The summed E-state index contributed by atoms with van der Waals surface area (Å²) < 4.78 is 0. The van der Waals surface area contributed by atoms with Crippen LogP contribution in [0.4, 0.5) is 0 Å². The van der Waals surface area contributed by atoms with Gasteiger partial charge in [0.2, 0.25) is 12.1 Å². The van der Waals surface area contributed by atoms with E-state index in [2.05, 4.69) is 4.84 Å². The highest BCUT2D eigenvalue weighted by molar-refractivity contribution is 5.74. The summed E-state index contributed by atoms with van der Waals surface area (Å²) in [7, 11) is 2.97. The van der Waals surface area contributed by atoms with E-state index in [0.29, 0.717) is 19.3 Å². The number of hydrogen-bond donors (Lipinski definition) is 1. The number of carbonyl (C=O) groups is 1. The molecule has 1 N–H and O–H groups in total. The van der Waals surface area contributed by atoms with E-state index in [1.165, 1.54) is 7.11 Å². The van der Waals surface area contributed by atoms with Gasteiger partial charge in [0.25, 0.3) is 0 Å². The maximum Gasteiger partial charge on any atom is 0.245 e. The first-order valence-corrected chi connectivity index (χ1v) is 4.23. The van der Waals surface area contributed by atoms with Gasteiger partial charge in [-0.1, -0.05) is 4.86 Å². The van der Waals surface area contributed by atoms with Gasteiger partial charge in [0.15, 0.2) is 0 Å². The molecule has 0 rings (SSSR count). The lowest BCUT2D eigenvalue weighted by molar-refractivity contribution is -0.482. The van der Waals surface area contributed by atoms with Crippen LogP contribution in [0.3, 0.4) is 0 Å². The largest absolute Gasteiger partial charge is 0.595 e. The Balaban J connectivity index is 3.55. The van der Waals surface area contributed by atoms with Crippen molar-refractivity contribution in [2.75, 3.05) is 14.2 Å². The van der Waals surface area contributed by atoms with Crippen LogP contribution >= 0.6 is 0 Å². The first-order valence-electron chi connectivity index (χ1n) is 4.23. The van der Waals surface area contributed by atoms with Crippen molar-refractivity contribution in [2.45, 2.75) is 19.3 Å². The fraction of sp³-hybridized carbons (Fsp3) is 0.625. The van der Waals surface area contributed by atoms with Crippen LogP contribution in [0.2, 0.25) is 0 Å². The monoisotopic (exact) mass is 201 g/mol. The third kappa shape index (κ3) is 6.13. The summed E-state index contributed by atoms with van der Waals surface area (Å²) in [4.78, 5) is 15.8. The zero-order chi connectivity index (χ0) is 11.0. The highest BCUT2D eigenvalue weighted by Gasteiger charge is 2.05. The van der Waals surface area contributed by atoms with Crippen LogP contribution in [0.1, 0.15) is 19.3 Å². The Kier molecular flexibility index (Phi) is 6.30. The standard InChI is InChI=1S/C8H15N3O3/c1-10(14-2)8(12)6-4-3-5-7-11(9)13/h5,7,9H,3-4,6H2,1-2H3. The molecule has 0 atom stereocenters. The molecular formula is C8H15N3O3. The lowest BCUT2D eigenvalue weighted by Gasteiger charge is -2.12. The second-order valence-electron chi connectivity index (χ2n) is 2.68. The van der Waals surface area contributed by atoms with Gasteiger partial charge in [-0.15, -0.1) is 0 Å². The molecular weight excluding hydrogens is 186 g/mol. The first kappa shape index (κ1) is 12.6. The van der Waals surface area contributed by atoms with E-state index >= 15 is 0 Å². The summed E-state index contributed by atoms with van der Waals surface area (Å²) >= 11 is 0. The van der Waals surface area contributed by atoms with Gasteiger partial charge in [-0.05, 0) is 24.4 Å². The molecule has 0 aromatic carbocycles. The minimum atomic E-state index is -0.106. The molecule has 0 aliphatic heterocycles. The number of hydroxylamine groups is 3. The maximum absolute atomic E-state index is 11.1. The molecule has 0 radical (unpaired) electrons. The van der Waals surface area contributed by atoms with Gasteiger partial charge in [0.05, 0.1) is 7.11 Å². The third-order valence-corrected chi connectivity index (χ3v) is 1.63. The number of carbonyl (C=O) groups excluding carboxylic acids is 1. The third-order valence-electron chi connectivity index (χ3n) is 1.63. The molecule has 0 saturated heterocycles. The minimum Gasteiger partial charge on any atom is -0.595 e. The average molecular weight is 201 g/mol. The van der Waals surface area contributed by atoms with Gasteiger partial charge in [-0.3, -0.25) is 9.63 Å². The second-order valence-corrected chi connectivity index (χ2v) is 2.68. The van der Waals surface area contributed by atoms with Crippen molar-refractivity contribution in [1.29, 1.82) is 5.53 Å². The molecule has 80 valence electrons. The zero-order valence-corrected chi connectivity index (χ0v) is 8.40. The molecule has 0 aliphatic rings. The molecule has 0 aromatic rings. The van der Waals surface area contributed by atoms with Crippen molar-refractivity contribution in [3.05, 3.63) is 17.5 Å². The van der Waals surface area contributed by atoms with E-state index in [9.17, 15) is 10.0 Å². The Labute approximate surface area is 82.8 Å². The number of nitrogens with zero attached hydrogens (tertiary/aromatic N) is 2. The summed E-state index contributed by atoms with van der Waals surface area (Å²) in [5, 5.41) is 11.3. The van der Waals surface area contributed by atoms with Crippen molar-refractivity contribution in [2.24, 2.45) is 0 Å². The van der Waals surface area contributed by atoms with Gasteiger partial charge in [0, 0.05) is 13.5 Å². The SMILES string of the molecule is CON(C)C(=O)CCCC=C[N+](=N)[O-]. The number of unbranched alkanes of at least 4 members (excludes halogenated alkanes) is 1. The smallest absolute Gasteiger partial charge is 0.245 e. The van der Waals surface area contributed by atoms with Crippen molar-refractivity contribution in [3.63, 3.8) is 0 Å². The van der Waals surface area contributed by atoms with E-state index in [1.54, 1.807) is 13.1 Å². The second kappa shape index (κ2) is 7.02. The van der Waals surface area contributed by atoms with Gasteiger partial charge in [-0.2, -0.15) is 0 Å². The molecule has 0 unspecified atom stereocenters. The quantitative estimate of drug-likeness (QED) is 0.304. The Morgan fingerprint density at radius 1 is 1.71 bits per heavy atom. The molecule has 14 heavy (non-hydrogen) atoms. The molecule has 0 spiro atoms. The maximum atomic E-state index is 11.1. The van der Waals surface area contributed by atoms with Gasteiger partial charge in [0.1, 0.15) is 0 Å². The van der Waals surface area contributed by atoms with Crippen LogP contribution in [0.5, 0.6) is 0 Å². The fourth-order valence-electron chi connectivity index (χ4n) is 0.801. The molecule has 6 nitrogen and oxygen atoms in total. The number of allylic oxidation sites excluding steroid dienone is 1. The average Bonchev–Trinajstić information content (AvgIpc) is 2.15. The molecule has 0 aromatic heterocycles. The lowest BCUT2D eigenvalue weighted by Crippen LogP contribution is -2.24. The first-order chi connectivity index (χ1) is 6.57. The predicted molar refractivity (Wildman–Crippen MR) is 49.1 cm³/mol. The van der Waals surface area contributed by atoms with Crippen LogP contribution < -0.4 is 0 Å². The number of amides is 1. The lowest BCUT2D eigenvalue weighted by atomic mass is 10.2. The summed E-state index contributed by atoms with van der Waals surface area (Å²) in [6.45, 7) is 0. The summed E-state index contributed by atoms with van der Waals surface area (Å²) in [6, 6.07) is 0. The molecule has 0 bridgehead atoms. The summed E-state index contributed by atoms with van der Waals surface area (Å²) in [5.74, 6) is -0.106. The van der Waals surface area contributed by atoms with Crippen LogP contribution in [-0.4, -0.2) is 30.0 Å². The number of nitrogens with one attached hydrogen (secondary N) is 1. The van der Waals surface area contributed by atoms with Crippen molar-refractivity contribution >= 4 is 5.91 Å². The van der Waals surface area contributed by atoms with Crippen LogP contribution in [-0.2, 0) is 9.63 Å². The van der Waals surface area contributed by atoms with Crippen LogP contribution in [0.15, 0.2) is 12.3 Å². The van der Waals surface area contributed by atoms with Crippen molar-refractivity contribution < 1.29 is 14.5 Å². The van der Waals surface area contributed by atoms with E-state index in [1.807, 2.05) is 0 Å². The highest BCUT2D eigenvalue weighted by atomic mass is 16.7. The summed E-state index contributed by atoms with van der Waals surface area (Å²) in [5.41, 5.74) is 6.49. The molecule has 6 heteroatoms. The Morgan fingerprint density at radius 3 is 2.86 bits per heavy atom. The molecule has 1 amide bonds. The van der Waals surface area contributed by atoms with Crippen LogP contribution in [0.25, 0.3) is 0 Å². The minimum absolute atomic E-state index is 0.0247. The molecule has 0 fully saturated rings. The van der Waals surface area contributed by atoms with E-state index in [0.717, 1.165) is 11.3 Å². The van der Waals surface area contributed by atoms with E-state index < -0.39 is 0 Å². The number of hydrogen-bond acceptors (Lipinski definition) is 4. The van der Waals surface area contributed by atoms with E-state index in [4.69, 9.17) is 5.53 Å². The molecule has 0 aliphatic carbocycles. The molecule has 0 saturated carbocycles. The van der Waals surface area contributed by atoms with E-state index in [-0.39, 0.29) is 10.8 Å².